The monoisotopic (exact) mass is 596 g/mol. The Balaban J connectivity index is 1.54. The van der Waals surface area contributed by atoms with Crippen molar-refractivity contribution in [1.82, 2.24) is 0 Å². The van der Waals surface area contributed by atoms with Crippen molar-refractivity contribution in [3.8, 4) is 22.3 Å². The van der Waals surface area contributed by atoms with Crippen LogP contribution in [0.15, 0.2) is 162 Å². The predicted molar refractivity (Wildman–Crippen MR) is 192 cm³/mol. The minimum atomic E-state index is -0.982. The fraction of sp³-hybridized carbons (Fsp3) is 0. The van der Waals surface area contributed by atoms with Crippen molar-refractivity contribution in [2.45, 2.75) is 0 Å². The first-order valence-corrected chi connectivity index (χ1v) is 13.4. The van der Waals surface area contributed by atoms with Gasteiger partial charge in [0.2, 0.25) is 0 Å². The predicted octanol–water partition coefficient (Wildman–Crippen LogP) is 12.7. The van der Waals surface area contributed by atoms with Crippen LogP contribution >= 0.6 is 0 Å². The van der Waals surface area contributed by atoms with Gasteiger partial charge in [0.15, 0.2) is 0 Å². The molecule has 0 bridgehead atoms. The summed E-state index contributed by atoms with van der Waals surface area (Å²) in [5.74, 6) is 0. The smallest absolute Gasteiger partial charge is 0.136 e. The standard InChI is InChI=1S/C44H26O/c1-3-11-32-27(9-1)17-18-29-19-20-30(25-38(29)32)42-34-13-5-7-15-36(34)43(37-16-8-6-14-35(37)42)31-22-23-40-39(26-31)44-33-12-4-2-10-28(33)21-24-41(44)45-40/h1-26H/i1D,2D,3D,4D,5D,6D,7D,8D,9D,10D,11D,12D,13D,14D,15D,16D,17D,18D,19D,20D,21D,22D,23D,24D,25D,26D. The third-order valence-corrected chi connectivity index (χ3v) is 7.64. The molecule has 1 nitrogen and oxygen atoms in total. The molecule has 0 amide bonds. The minimum Gasteiger partial charge on any atom is -0.456 e. The highest BCUT2D eigenvalue weighted by Gasteiger charge is 2.19. The highest BCUT2D eigenvalue weighted by Crippen LogP contribution is 2.46. The number of hydrogen-bond acceptors (Lipinski definition) is 1. The summed E-state index contributed by atoms with van der Waals surface area (Å²) in [6.07, 6.45) is 0. The van der Waals surface area contributed by atoms with Gasteiger partial charge in [-0.25, -0.2) is 0 Å². The van der Waals surface area contributed by atoms with Crippen LogP contribution in [0.5, 0.6) is 0 Å². The van der Waals surface area contributed by atoms with E-state index in [0.29, 0.717) is 0 Å². The third kappa shape index (κ3) is 3.56. The van der Waals surface area contributed by atoms with E-state index in [4.69, 9.17) is 26.3 Å². The quantitative estimate of drug-likeness (QED) is 0.143. The van der Waals surface area contributed by atoms with Crippen molar-refractivity contribution in [1.29, 1.82) is 0 Å². The second-order valence-corrected chi connectivity index (χ2v) is 10.0. The van der Waals surface area contributed by atoms with Gasteiger partial charge in [0.05, 0.1) is 35.6 Å². The van der Waals surface area contributed by atoms with E-state index < -0.39 is 250 Å². The molecule has 0 aliphatic rings. The molecule has 9 aromatic carbocycles. The van der Waals surface area contributed by atoms with E-state index in [-0.39, 0.29) is 5.39 Å². The molecule has 0 saturated carbocycles. The molecule has 208 valence electrons. The fourth-order valence-corrected chi connectivity index (χ4v) is 5.73. The molecule has 0 atom stereocenters. The van der Waals surface area contributed by atoms with Gasteiger partial charge >= 0.3 is 0 Å². The van der Waals surface area contributed by atoms with Gasteiger partial charge < -0.3 is 4.42 Å². The Labute approximate surface area is 296 Å². The number of hydrogen-bond donors (Lipinski definition) is 0. The fourth-order valence-electron chi connectivity index (χ4n) is 5.73. The molecular weight excluding hydrogens is 544 g/mol. The number of furan rings is 1. The second-order valence-electron chi connectivity index (χ2n) is 10.0. The third-order valence-electron chi connectivity index (χ3n) is 7.64. The zero-order chi connectivity index (χ0) is 52.1. The Kier molecular flexibility index (Phi) is 2.13. The van der Waals surface area contributed by atoms with Crippen molar-refractivity contribution < 1.29 is 40.1 Å². The lowest BCUT2D eigenvalue weighted by Crippen LogP contribution is -1.91. The molecule has 45 heavy (non-hydrogen) atoms. The minimum absolute atomic E-state index is 0.386. The summed E-state index contributed by atoms with van der Waals surface area (Å²) in [4.78, 5) is 0. The van der Waals surface area contributed by atoms with E-state index in [2.05, 4.69) is 0 Å². The van der Waals surface area contributed by atoms with E-state index in [1.165, 1.54) is 0 Å². The van der Waals surface area contributed by atoms with Crippen molar-refractivity contribution in [3.05, 3.63) is 157 Å². The molecule has 1 heterocycles. The first-order valence-electron chi connectivity index (χ1n) is 26.4. The van der Waals surface area contributed by atoms with Crippen LogP contribution in [0.4, 0.5) is 0 Å². The first-order chi connectivity index (χ1) is 33.2. The Morgan fingerprint density at radius 2 is 0.756 bits per heavy atom. The van der Waals surface area contributed by atoms with Crippen molar-refractivity contribution in [3.63, 3.8) is 0 Å². The molecule has 0 fully saturated rings. The normalized spacial score (nSPS) is 20.1. The molecule has 1 aromatic heterocycles. The van der Waals surface area contributed by atoms with E-state index in [1.54, 1.807) is 0 Å². The van der Waals surface area contributed by atoms with Gasteiger partial charge in [0.25, 0.3) is 0 Å². The van der Waals surface area contributed by atoms with E-state index in [1.807, 2.05) is 0 Å². The molecule has 1 heteroatoms. The van der Waals surface area contributed by atoms with Crippen LogP contribution in [0.1, 0.15) is 35.6 Å². The van der Waals surface area contributed by atoms with Gasteiger partial charge in [-0.3, -0.25) is 0 Å². The van der Waals surface area contributed by atoms with Crippen molar-refractivity contribution in [2.24, 2.45) is 0 Å². The molecule has 0 unspecified atom stereocenters. The maximum Gasteiger partial charge on any atom is 0.136 e. The Hall–Kier alpha value is -5.92. The lowest BCUT2D eigenvalue weighted by atomic mass is 9.85. The van der Waals surface area contributed by atoms with Gasteiger partial charge in [-0.05, 0) is 100 Å². The Morgan fingerprint density at radius 3 is 1.40 bits per heavy atom. The van der Waals surface area contributed by atoms with Crippen molar-refractivity contribution >= 4 is 75.8 Å². The van der Waals surface area contributed by atoms with Crippen LogP contribution in [-0.2, 0) is 0 Å². The summed E-state index contributed by atoms with van der Waals surface area (Å²) in [5.41, 5.74) is -4.06. The van der Waals surface area contributed by atoms with Gasteiger partial charge in [-0.15, -0.1) is 0 Å². The van der Waals surface area contributed by atoms with Gasteiger partial charge in [-0.1, -0.05) is 133 Å². The molecule has 0 aliphatic heterocycles. The maximum atomic E-state index is 9.88. The van der Waals surface area contributed by atoms with Gasteiger partial charge in [0.1, 0.15) is 11.2 Å². The average Bonchev–Trinajstić information content (AvgIpc) is 3.75. The number of benzene rings is 9. The Morgan fingerprint density at radius 1 is 0.333 bits per heavy atom. The summed E-state index contributed by atoms with van der Waals surface area (Å²) < 4.78 is 240. The van der Waals surface area contributed by atoms with Crippen LogP contribution in [-0.4, -0.2) is 0 Å². The lowest BCUT2D eigenvalue weighted by Gasteiger charge is -2.18. The van der Waals surface area contributed by atoms with E-state index in [0.717, 1.165) is 0 Å². The molecule has 10 rings (SSSR count). The highest BCUT2D eigenvalue weighted by molar-refractivity contribution is 6.24. The zero-order valence-electron chi connectivity index (χ0n) is 48.4. The largest absolute Gasteiger partial charge is 0.456 e. The molecule has 0 spiro atoms. The average molecular weight is 597 g/mol. The molecular formula is C44H26O. The summed E-state index contributed by atoms with van der Waals surface area (Å²) in [6.45, 7) is 0. The number of rotatable bonds is 2. The van der Waals surface area contributed by atoms with E-state index >= 15 is 0 Å². The molecule has 0 N–H and O–H groups in total. The lowest BCUT2D eigenvalue weighted by molar-refractivity contribution is 0.669. The molecule has 0 saturated heterocycles. The van der Waals surface area contributed by atoms with Crippen molar-refractivity contribution in [2.75, 3.05) is 0 Å². The zero-order valence-corrected chi connectivity index (χ0v) is 22.4. The van der Waals surface area contributed by atoms with Gasteiger partial charge in [-0.2, -0.15) is 0 Å². The first kappa shape index (κ1) is 10.3. The van der Waals surface area contributed by atoms with Crippen LogP contribution in [0.2, 0.25) is 0 Å². The molecule has 10 aromatic rings. The van der Waals surface area contributed by atoms with Crippen LogP contribution < -0.4 is 0 Å². The molecule has 0 aliphatic carbocycles. The Bertz CT molecular complexity index is 4210. The van der Waals surface area contributed by atoms with Crippen LogP contribution in [0.3, 0.4) is 0 Å². The molecule has 0 radical (unpaired) electrons. The van der Waals surface area contributed by atoms with Crippen LogP contribution in [0, 0.1) is 0 Å². The summed E-state index contributed by atoms with van der Waals surface area (Å²) >= 11 is 0. The second kappa shape index (κ2) is 9.29. The SMILES string of the molecule is [2H]c1c(-c2c3c([2H])c([2H])c([2H])c([2H])c3c(-c3c([2H])c([2H])c4c([2H])c([2H])c5c([2H])c([2H])c([2H])c([2H])c5c4c3[2H])c3c([2H])c([2H])c([2H])c([2H])c23)c([2H])c2c(oc3c([2H])c([2H])c4c([2H])c([2H])c([2H])c([2H])c4c32)c1[2H]. The summed E-state index contributed by atoms with van der Waals surface area (Å²) in [6, 6.07) is -22.6. The van der Waals surface area contributed by atoms with E-state index in [9.17, 15) is 13.7 Å². The van der Waals surface area contributed by atoms with Crippen LogP contribution in [0.25, 0.3) is 98.1 Å². The topological polar surface area (TPSA) is 13.1 Å². The van der Waals surface area contributed by atoms with Gasteiger partial charge in [0, 0.05) is 10.8 Å². The highest BCUT2D eigenvalue weighted by atomic mass is 16.3. The summed E-state index contributed by atoms with van der Waals surface area (Å²) in [5, 5.41) is -6.86. The summed E-state index contributed by atoms with van der Waals surface area (Å²) in [7, 11) is 0. The number of fused-ring (bicyclic) bond motifs is 10. The maximum absolute atomic E-state index is 9.88.